The third-order valence-electron chi connectivity index (χ3n) is 2.80. The lowest BCUT2D eigenvalue weighted by Gasteiger charge is -2.10. The van der Waals surface area contributed by atoms with Gasteiger partial charge in [-0.25, -0.2) is 21.6 Å². The lowest BCUT2D eigenvalue weighted by Crippen LogP contribution is -2.30. The first-order valence-corrected chi connectivity index (χ1v) is 9.71. The van der Waals surface area contributed by atoms with Gasteiger partial charge < -0.3 is 0 Å². The first-order chi connectivity index (χ1) is 10.6. The van der Waals surface area contributed by atoms with Crippen LogP contribution in [0.1, 0.15) is 13.8 Å². The zero-order valence-electron chi connectivity index (χ0n) is 12.9. The van der Waals surface area contributed by atoms with Crippen molar-refractivity contribution < 1.29 is 16.8 Å². The molecule has 0 spiro atoms. The first kappa shape index (κ1) is 17.4. The zero-order chi connectivity index (χ0) is 17.3. The number of hydrogen-bond acceptors (Lipinski definition) is 5. The number of hydrogen-bond donors (Lipinski definition) is 2. The monoisotopic (exact) mass is 358 g/mol. The quantitative estimate of drug-likeness (QED) is 0.797. The van der Waals surface area contributed by atoms with E-state index in [4.69, 9.17) is 0 Å². The van der Waals surface area contributed by atoms with Crippen molar-refractivity contribution in [2.45, 2.75) is 29.7 Å². The maximum absolute atomic E-state index is 12.1. The minimum absolute atomic E-state index is 0.0261. The van der Waals surface area contributed by atoms with Gasteiger partial charge in [0, 0.05) is 25.0 Å². The Hall–Kier alpha value is -1.91. The third-order valence-corrected chi connectivity index (χ3v) is 5.81. The molecule has 0 saturated carbocycles. The Balaban J connectivity index is 2.21. The van der Waals surface area contributed by atoms with Gasteiger partial charge in [0.1, 0.15) is 4.90 Å². The maximum Gasteiger partial charge on any atom is 0.265 e. The van der Waals surface area contributed by atoms with Crippen LogP contribution in [0.15, 0.2) is 46.5 Å². The third kappa shape index (κ3) is 4.30. The number of anilines is 1. The van der Waals surface area contributed by atoms with Crippen LogP contribution in [0, 0.1) is 0 Å². The van der Waals surface area contributed by atoms with E-state index < -0.39 is 20.0 Å². The molecule has 0 aliphatic carbocycles. The van der Waals surface area contributed by atoms with Crippen LogP contribution in [-0.4, -0.2) is 32.7 Å². The van der Waals surface area contributed by atoms with Gasteiger partial charge in [-0.3, -0.25) is 9.40 Å². The largest absolute Gasteiger partial charge is 0.280 e. The number of nitrogens with zero attached hydrogens (tertiary/aromatic N) is 2. The number of nitrogens with one attached hydrogen (secondary N) is 2. The molecule has 0 aliphatic rings. The standard InChI is InChI=1S/C13H18N4O4S2/c1-10(2)15-22(18,19)12-6-4-11(5-7-12)16-23(20,21)13-8-14-17(3)9-13/h4-10,15-16H,1-3H3. The van der Waals surface area contributed by atoms with E-state index in [1.165, 1.54) is 41.3 Å². The molecule has 1 aromatic heterocycles. The summed E-state index contributed by atoms with van der Waals surface area (Å²) < 4.78 is 54.5. The molecule has 1 heterocycles. The fourth-order valence-electron chi connectivity index (χ4n) is 1.83. The molecule has 10 heteroatoms. The molecule has 2 rings (SSSR count). The molecular formula is C13H18N4O4S2. The zero-order valence-corrected chi connectivity index (χ0v) is 14.5. The molecule has 0 atom stereocenters. The van der Waals surface area contributed by atoms with Crippen LogP contribution in [0.4, 0.5) is 5.69 Å². The van der Waals surface area contributed by atoms with Crippen molar-refractivity contribution in [1.82, 2.24) is 14.5 Å². The minimum Gasteiger partial charge on any atom is -0.280 e. The summed E-state index contributed by atoms with van der Waals surface area (Å²) in [6, 6.07) is 5.23. The molecule has 0 fully saturated rings. The molecular weight excluding hydrogens is 340 g/mol. The summed E-state index contributed by atoms with van der Waals surface area (Å²) >= 11 is 0. The van der Waals surface area contributed by atoms with Crippen molar-refractivity contribution in [3.8, 4) is 0 Å². The van der Waals surface area contributed by atoms with Crippen molar-refractivity contribution >= 4 is 25.7 Å². The summed E-state index contributed by atoms with van der Waals surface area (Å²) in [6.45, 7) is 3.43. The summed E-state index contributed by atoms with van der Waals surface area (Å²) in [5.74, 6) is 0. The van der Waals surface area contributed by atoms with Gasteiger partial charge in [0.05, 0.1) is 11.1 Å². The number of aromatic nitrogens is 2. The van der Waals surface area contributed by atoms with Crippen LogP contribution < -0.4 is 9.44 Å². The van der Waals surface area contributed by atoms with Crippen LogP contribution in [0.2, 0.25) is 0 Å². The molecule has 23 heavy (non-hydrogen) atoms. The van der Waals surface area contributed by atoms with E-state index >= 15 is 0 Å². The fourth-order valence-corrected chi connectivity index (χ4v) is 4.12. The average molecular weight is 358 g/mol. The normalized spacial score (nSPS) is 12.5. The van der Waals surface area contributed by atoms with E-state index in [9.17, 15) is 16.8 Å². The van der Waals surface area contributed by atoms with Crippen molar-refractivity contribution in [3.05, 3.63) is 36.7 Å². The lowest BCUT2D eigenvalue weighted by molar-refractivity contribution is 0.570. The second-order valence-electron chi connectivity index (χ2n) is 5.26. The highest BCUT2D eigenvalue weighted by Gasteiger charge is 2.18. The molecule has 126 valence electrons. The fraction of sp³-hybridized carbons (Fsp3) is 0.308. The molecule has 0 aliphatic heterocycles. The number of aryl methyl sites for hydroxylation is 1. The molecule has 0 saturated heterocycles. The van der Waals surface area contributed by atoms with Gasteiger partial charge in [-0.1, -0.05) is 0 Å². The highest BCUT2D eigenvalue weighted by atomic mass is 32.2. The molecule has 2 aromatic rings. The Labute approximate surface area is 135 Å². The van der Waals surface area contributed by atoms with Gasteiger partial charge in [-0.2, -0.15) is 5.10 Å². The van der Waals surface area contributed by atoms with E-state index in [-0.39, 0.29) is 21.5 Å². The molecule has 0 bridgehead atoms. The van der Waals surface area contributed by atoms with Crippen LogP contribution in [0.3, 0.4) is 0 Å². The predicted octanol–water partition coefficient (Wildman–Crippen LogP) is 0.908. The van der Waals surface area contributed by atoms with E-state index in [1.54, 1.807) is 20.9 Å². The Morgan fingerprint density at radius 1 is 1.00 bits per heavy atom. The Morgan fingerprint density at radius 2 is 1.61 bits per heavy atom. The smallest absolute Gasteiger partial charge is 0.265 e. The first-order valence-electron chi connectivity index (χ1n) is 6.74. The lowest BCUT2D eigenvalue weighted by atomic mass is 10.3. The Kier molecular flexibility index (Phi) is 4.78. The predicted molar refractivity (Wildman–Crippen MR) is 85.9 cm³/mol. The highest BCUT2D eigenvalue weighted by molar-refractivity contribution is 7.92. The van der Waals surface area contributed by atoms with E-state index in [0.717, 1.165) is 0 Å². The van der Waals surface area contributed by atoms with Crippen LogP contribution in [0.5, 0.6) is 0 Å². The van der Waals surface area contributed by atoms with E-state index in [0.29, 0.717) is 0 Å². The number of rotatable bonds is 6. The summed E-state index contributed by atoms with van der Waals surface area (Å²) in [4.78, 5) is 0.0914. The van der Waals surface area contributed by atoms with Crippen molar-refractivity contribution in [3.63, 3.8) is 0 Å². The van der Waals surface area contributed by atoms with E-state index in [2.05, 4.69) is 14.5 Å². The number of benzene rings is 1. The maximum atomic E-state index is 12.1. The van der Waals surface area contributed by atoms with Crippen molar-refractivity contribution in [2.75, 3.05) is 4.72 Å². The number of sulfonamides is 2. The molecule has 0 amide bonds. The summed E-state index contributed by atoms with van der Waals surface area (Å²) in [5, 5.41) is 3.81. The van der Waals surface area contributed by atoms with Gasteiger partial charge in [0.2, 0.25) is 10.0 Å². The molecule has 0 radical (unpaired) electrons. The van der Waals surface area contributed by atoms with Gasteiger partial charge in [0.25, 0.3) is 10.0 Å². The average Bonchev–Trinajstić information content (AvgIpc) is 2.85. The molecule has 1 aromatic carbocycles. The van der Waals surface area contributed by atoms with Crippen molar-refractivity contribution in [1.29, 1.82) is 0 Å². The minimum atomic E-state index is -3.76. The topological polar surface area (TPSA) is 110 Å². The van der Waals surface area contributed by atoms with Crippen LogP contribution >= 0.6 is 0 Å². The Morgan fingerprint density at radius 3 is 2.09 bits per heavy atom. The van der Waals surface area contributed by atoms with Gasteiger partial charge in [-0.05, 0) is 38.1 Å². The Bertz CT molecular complexity index is 884. The van der Waals surface area contributed by atoms with Gasteiger partial charge in [0.15, 0.2) is 0 Å². The molecule has 2 N–H and O–H groups in total. The van der Waals surface area contributed by atoms with Crippen LogP contribution in [-0.2, 0) is 27.1 Å². The summed E-state index contributed by atoms with van der Waals surface area (Å²) in [5.41, 5.74) is 0.261. The second kappa shape index (κ2) is 6.30. The van der Waals surface area contributed by atoms with Crippen LogP contribution in [0.25, 0.3) is 0 Å². The van der Waals surface area contributed by atoms with E-state index in [1.807, 2.05) is 0 Å². The summed E-state index contributed by atoms with van der Waals surface area (Å²) in [7, 11) is -5.76. The molecule has 8 nitrogen and oxygen atoms in total. The van der Waals surface area contributed by atoms with Gasteiger partial charge in [-0.15, -0.1) is 0 Å². The molecule has 0 unspecified atom stereocenters. The SMILES string of the molecule is CC(C)NS(=O)(=O)c1ccc(NS(=O)(=O)c2cnn(C)c2)cc1. The summed E-state index contributed by atoms with van der Waals surface area (Å²) in [6.07, 6.45) is 2.60. The highest BCUT2D eigenvalue weighted by Crippen LogP contribution is 2.18. The second-order valence-corrected chi connectivity index (χ2v) is 8.65. The van der Waals surface area contributed by atoms with Crippen molar-refractivity contribution in [2.24, 2.45) is 7.05 Å². The van der Waals surface area contributed by atoms with Gasteiger partial charge >= 0.3 is 0 Å².